The number of ether oxygens (including phenoxy) is 4. The summed E-state index contributed by atoms with van der Waals surface area (Å²) in [7, 11) is 1.35. The van der Waals surface area contributed by atoms with Gasteiger partial charge in [-0.1, -0.05) is 18.2 Å². The van der Waals surface area contributed by atoms with E-state index in [0.29, 0.717) is 24.7 Å². The Morgan fingerprint density at radius 3 is 2.31 bits per heavy atom. The summed E-state index contributed by atoms with van der Waals surface area (Å²) in [4.78, 5) is 0. The Bertz CT molecular complexity index is 1290. The van der Waals surface area contributed by atoms with Gasteiger partial charge in [0.1, 0.15) is 23.6 Å². The van der Waals surface area contributed by atoms with Crippen LogP contribution in [-0.2, 0) is 18.9 Å². The summed E-state index contributed by atoms with van der Waals surface area (Å²) in [6.07, 6.45) is -2.59. The summed E-state index contributed by atoms with van der Waals surface area (Å²) in [6.45, 7) is 4.46. The maximum absolute atomic E-state index is 15.0. The molecule has 2 aliphatic carbocycles. The molecule has 0 fully saturated rings. The highest BCUT2D eigenvalue weighted by atomic mass is 19.4. The quantitative estimate of drug-likeness (QED) is 0.159. The molecule has 0 spiro atoms. The molecule has 1 aromatic rings. The average molecular weight is 564 g/mol. The largest absolute Gasteiger partial charge is 0.573 e. The number of benzene rings is 1. The van der Waals surface area contributed by atoms with E-state index in [2.05, 4.69) is 11.3 Å². The number of hydrogen-bond acceptors (Lipinski definition) is 4. The molecular formula is C27H24F8O4. The van der Waals surface area contributed by atoms with Crippen molar-refractivity contribution in [1.82, 2.24) is 0 Å². The summed E-state index contributed by atoms with van der Waals surface area (Å²) in [5.41, 5.74) is -0.402. The number of allylic oxidation sites excluding steroid dienone is 5. The van der Waals surface area contributed by atoms with Crippen molar-refractivity contribution in [3.05, 3.63) is 94.1 Å². The molecule has 0 bridgehead atoms. The van der Waals surface area contributed by atoms with E-state index in [0.717, 1.165) is 18.2 Å². The minimum absolute atomic E-state index is 0.118. The standard InChI is InChI=1S/C27H24F8O4/c1-3-4-7-37-8-9-38-26(36-2)15-5-6-18(19(28)10-15)16-11-20(29)24(21(30)12-16)17-13-22(31)25(23(32)14-17)39-27(33,34)35/h3,5-6,10-13,19,26H,1,4,7-9,14H2,2H3. The van der Waals surface area contributed by atoms with Crippen LogP contribution < -0.4 is 10.4 Å². The minimum Gasteiger partial charge on any atom is -0.400 e. The predicted molar refractivity (Wildman–Crippen MR) is 126 cm³/mol. The zero-order valence-electron chi connectivity index (χ0n) is 20.6. The molecular weight excluding hydrogens is 540 g/mol. The van der Waals surface area contributed by atoms with Gasteiger partial charge in [0.15, 0.2) is 17.9 Å². The lowest BCUT2D eigenvalue weighted by molar-refractivity contribution is -0.305. The van der Waals surface area contributed by atoms with Gasteiger partial charge >= 0.3 is 6.36 Å². The first-order chi connectivity index (χ1) is 18.4. The lowest BCUT2D eigenvalue weighted by Crippen LogP contribution is -2.26. The van der Waals surface area contributed by atoms with Gasteiger partial charge in [0, 0.05) is 24.3 Å². The van der Waals surface area contributed by atoms with E-state index in [9.17, 15) is 30.7 Å². The summed E-state index contributed by atoms with van der Waals surface area (Å²) in [6, 6.07) is 1.52. The Morgan fingerprint density at radius 2 is 1.74 bits per heavy atom. The van der Waals surface area contributed by atoms with E-state index in [1.165, 1.54) is 19.3 Å². The first kappa shape index (κ1) is 30.3. The Balaban J connectivity index is 1.85. The van der Waals surface area contributed by atoms with E-state index in [1.807, 2.05) is 0 Å². The fraction of sp³-hybridized carbons (Fsp3) is 0.333. The number of halogens is 8. The molecule has 2 aliphatic rings. The van der Waals surface area contributed by atoms with Crippen molar-refractivity contribution in [3.63, 3.8) is 0 Å². The highest BCUT2D eigenvalue weighted by Gasteiger charge is 2.36. The number of rotatable bonds is 10. The second-order valence-corrected chi connectivity index (χ2v) is 8.28. The van der Waals surface area contributed by atoms with Crippen LogP contribution in [0.4, 0.5) is 35.1 Å². The second kappa shape index (κ2) is 13.2. The van der Waals surface area contributed by atoms with Crippen LogP contribution in [-0.4, -0.2) is 45.8 Å². The molecule has 0 saturated heterocycles. The van der Waals surface area contributed by atoms with Crippen LogP contribution in [0.2, 0.25) is 0 Å². The first-order valence-electron chi connectivity index (χ1n) is 11.6. The van der Waals surface area contributed by atoms with Crippen LogP contribution in [0, 0.1) is 11.6 Å². The predicted octanol–water partition coefficient (Wildman–Crippen LogP) is 5.66. The van der Waals surface area contributed by atoms with Crippen molar-refractivity contribution in [2.45, 2.75) is 31.7 Å². The van der Waals surface area contributed by atoms with Crippen LogP contribution >= 0.6 is 0 Å². The van der Waals surface area contributed by atoms with E-state index >= 15 is 4.39 Å². The van der Waals surface area contributed by atoms with Crippen LogP contribution in [0.25, 0.3) is 11.1 Å². The third kappa shape index (κ3) is 7.90. The Labute approximate surface area is 218 Å². The molecule has 2 unspecified atom stereocenters. The van der Waals surface area contributed by atoms with Crippen LogP contribution in [0.3, 0.4) is 0 Å². The lowest BCUT2D eigenvalue weighted by Gasteiger charge is -2.21. The highest BCUT2D eigenvalue weighted by molar-refractivity contribution is 5.68. The zero-order valence-corrected chi connectivity index (χ0v) is 20.6. The monoisotopic (exact) mass is 564 g/mol. The van der Waals surface area contributed by atoms with Crippen molar-refractivity contribution in [3.8, 4) is 0 Å². The van der Waals surface area contributed by atoms with Gasteiger partial charge in [0.2, 0.25) is 0 Å². The molecule has 0 amide bonds. The van der Waals surface area contributed by atoms with Gasteiger partial charge in [0.05, 0.1) is 19.8 Å². The van der Waals surface area contributed by atoms with Gasteiger partial charge in [0.25, 0.3) is 0 Å². The number of hydrogen-bond donors (Lipinski definition) is 0. The van der Waals surface area contributed by atoms with E-state index in [-0.39, 0.29) is 24.0 Å². The van der Waals surface area contributed by atoms with Gasteiger partial charge in [-0.25, -0.2) is 22.0 Å². The fourth-order valence-corrected chi connectivity index (χ4v) is 3.86. The van der Waals surface area contributed by atoms with Crippen LogP contribution in [0.5, 0.6) is 0 Å². The molecule has 12 heteroatoms. The van der Waals surface area contributed by atoms with Crippen molar-refractivity contribution in [1.29, 1.82) is 0 Å². The van der Waals surface area contributed by atoms with E-state index < -0.39 is 65.1 Å². The average Bonchev–Trinajstić information content (AvgIpc) is 2.85. The smallest absolute Gasteiger partial charge is 0.400 e. The van der Waals surface area contributed by atoms with Crippen LogP contribution in [0.15, 0.2) is 72.1 Å². The third-order valence-corrected chi connectivity index (χ3v) is 5.56. The highest BCUT2D eigenvalue weighted by Crippen LogP contribution is 2.35. The minimum atomic E-state index is -5.37. The Morgan fingerprint density at radius 1 is 1.05 bits per heavy atom. The Kier molecular flexibility index (Phi) is 10.3. The molecule has 1 aromatic carbocycles. The van der Waals surface area contributed by atoms with Crippen molar-refractivity contribution < 1.29 is 54.1 Å². The van der Waals surface area contributed by atoms with Gasteiger partial charge < -0.3 is 18.9 Å². The first-order valence-corrected chi connectivity index (χ1v) is 11.6. The third-order valence-electron chi connectivity index (χ3n) is 5.56. The summed E-state index contributed by atoms with van der Waals surface area (Å²) >= 11 is 0. The van der Waals surface area contributed by atoms with Crippen molar-refractivity contribution in [2.24, 2.45) is 0 Å². The topological polar surface area (TPSA) is 36.9 Å². The molecule has 0 heterocycles. The molecule has 3 rings (SSSR count). The zero-order chi connectivity index (χ0) is 28.7. The lowest BCUT2D eigenvalue weighted by atomic mass is 9.96. The molecule has 2 atom stereocenters. The molecule has 0 aromatic heterocycles. The van der Waals surface area contributed by atoms with Gasteiger partial charge in [-0.2, -0.15) is 0 Å². The molecule has 0 saturated carbocycles. The SMILES string of the molecule is C=CCCOCCOC(OC)C1=CC(F)C(=c2cc(F)c(=C3C=C(F)C(OC(F)(F)F)=C(F)C3)c(F)c2)C=C1. The fourth-order valence-electron chi connectivity index (χ4n) is 3.86. The number of alkyl halides is 4. The van der Waals surface area contributed by atoms with Crippen molar-refractivity contribution in [2.75, 3.05) is 26.9 Å². The second-order valence-electron chi connectivity index (χ2n) is 8.28. The molecule has 0 N–H and O–H groups in total. The maximum atomic E-state index is 15.0. The van der Waals surface area contributed by atoms with Crippen LogP contribution in [0.1, 0.15) is 12.8 Å². The number of methoxy groups -OCH3 is 1. The van der Waals surface area contributed by atoms with E-state index in [4.69, 9.17) is 14.2 Å². The maximum Gasteiger partial charge on any atom is 0.573 e. The molecule has 4 nitrogen and oxygen atoms in total. The Hall–Kier alpha value is -3.22. The molecule has 212 valence electrons. The summed E-state index contributed by atoms with van der Waals surface area (Å²) < 4.78 is 130. The van der Waals surface area contributed by atoms with E-state index in [1.54, 1.807) is 6.08 Å². The van der Waals surface area contributed by atoms with Crippen molar-refractivity contribution >= 4 is 11.1 Å². The van der Waals surface area contributed by atoms with Gasteiger partial charge in [-0.15, -0.1) is 19.8 Å². The molecule has 0 radical (unpaired) electrons. The normalized spacial score (nSPS) is 18.7. The van der Waals surface area contributed by atoms with Gasteiger partial charge in [-0.3, -0.25) is 0 Å². The summed E-state index contributed by atoms with van der Waals surface area (Å²) in [5, 5.41) is -1.07. The molecule has 0 aliphatic heterocycles. The van der Waals surface area contributed by atoms with Gasteiger partial charge in [-0.05, 0) is 47.1 Å². The summed E-state index contributed by atoms with van der Waals surface area (Å²) in [5.74, 6) is -7.80. The molecule has 39 heavy (non-hydrogen) atoms.